The third kappa shape index (κ3) is 3.65. The second-order valence-corrected chi connectivity index (χ2v) is 7.74. The number of aliphatic hydroxyl groups excluding tert-OH is 1. The lowest BCUT2D eigenvalue weighted by Gasteiger charge is -2.37. The molecule has 0 amide bonds. The van der Waals surface area contributed by atoms with Gasteiger partial charge in [0, 0.05) is 19.1 Å². The molecule has 1 heterocycles. The molecule has 4 rings (SSSR count). The van der Waals surface area contributed by atoms with Gasteiger partial charge in [0.1, 0.15) is 5.75 Å². The van der Waals surface area contributed by atoms with Crippen LogP contribution in [0.1, 0.15) is 54.4 Å². The lowest BCUT2D eigenvalue weighted by Crippen LogP contribution is -2.40. The van der Waals surface area contributed by atoms with E-state index >= 15 is 0 Å². The minimum Gasteiger partial charge on any atom is -0.497 e. The summed E-state index contributed by atoms with van der Waals surface area (Å²) in [4.78, 5) is 2.53. The van der Waals surface area contributed by atoms with Crippen LogP contribution in [0.4, 0.5) is 0 Å². The van der Waals surface area contributed by atoms with Crippen LogP contribution in [0.25, 0.3) is 0 Å². The normalized spacial score (nSPS) is 26.8. The SMILES string of the molecule is COc1ccc2c(c1)CCN([C@H]1CC[C@H](c3ccccc3)CC1)CC2O. The number of aliphatic hydroxyl groups is 1. The summed E-state index contributed by atoms with van der Waals surface area (Å²) in [7, 11) is 1.70. The summed E-state index contributed by atoms with van der Waals surface area (Å²) in [5.41, 5.74) is 3.80. The fourth-order valence-corrected chi connectivity index (χ4v) is 4.76. The summed E-state index contributed by atoms with van der Waals surface area (Å²) in [5.74, 6) is 1.58. The van der Waals surface area contributed by atoms with Crippen molar-refractivity contribution in [1.29, 1.82) is 0 Å². The minimum absolute atomic E-state index is 0.398. The van der Waals surface area contributed by atoms with Gasteiger partial charge in [-0.1, -0.05) is 36.4 Å². The predicted molar refractivity (Wildman–Crippen MR) is 105 cm³/mol. The summed E-state index contributed by atoms with van der Waals surface area (Å²) in [6.45, 7) is 1.78. The Hall–Kier alpha value is -1.84. The number of fused-ring (bicyclic) bond motifs is 1. The molecule has 1 unspecified atom stereocenters. The van der Waals surface area contributed by atoms with Crippen LogP contribution in [-0.2, 0) is 6.42 Å². The molecule has 2 aliphatic rings. The van der Waals surface area contributed by atoms with Crippen molar-refractivity contribution in [2.45, 2.75) is 50.2 Å². The van der Waals surface area contributed by atoms with Gasteiger partial charge in [-0.3, -0.25) is 4.90 Å². The molecule has 1 aliphatic heterocycles. The monoisotopic (exact) mass is 351 g/mol. The first kappa shape index (κ1) is 17.6. The van der Waals surface area contributed by atoms with Crippen molar-refractivity contribution >= 4 is 0 Å². The lowest BCUT2D eigenvalue weighted by molar-refractivity contribution is 0.0774. The van der Waals surface area contributed by atoms with Gasteiger partial charge in [-0.15, -0.1) is 0 Å². The summed E-state index contributed by atoms with van der Waals surface area (Å²) in [6, 6.07) is 17.6. The molecule has 2 aromatic rings. The van der Waals surface area contributed by atoms with Gasteiger partial charge in [-0.05, 0) is 66.8 Å². The molecular weight excluding hydrogens is 322 g/mol. The van der Waals surface area contributed by atoms with Crippen molar-refractivity contribution in [3.63, 3.8) is 0 Å². The molecule has 1 saturated carbocycles. The van der Waals surface area contributed by atoms with E-state index in [1.807, 2.05) is 12.1 Å². The number of benzene rings is 2. The molecule has 0 aromatic heterocycles. The van der Waals surface area contributed by atoms with Gasteiger partial charge in [0.25, 0.3) is 0 Å². The highest BCUT2D eigenvalue weighted by molar-refractivity contribution is 5.38. The van der Waals surface area contributed by atoms with E-state index in [0.717, 1.165) is 30.8 Å². The zero-order chi connectivity index (χ0) is 17.9. The Bertz CT molecular complexity index is 722. The second-order valence-electron chi connectivity index (χ2n) is 7.74. The van der Waals surface area contributed by atoms with Crippen LogP contribution < -0.4 is 4.74 Å². The van der Waals surface area contributed by atoms with E-state index in [1.54, 1.807) is 7.11 Å². The van der Waals surface area contributed by atoms with Gasteiger partial charge in [-0.2, -0.15) is 0 Å². The first-order valence-electron chi connectivity index (χ1n) is 9.88. The largest absolute Gasteiger partial charge is 0.497 e. The predicted octanol–water partition coefficient (Wildman–Crippen LogP) is 4.31. The van der Waals surface area contributed by atoms with Crippen molar-refractivity contribution < 1.29 is 9.84 Å². The molecule has 26 heavy (non-hydrogen) atoms. The number of nitrogens with zero attached hydrogens (tertiary/aromatic N) is 1. The third-order valence-electron chi connectivity index (χ3n) is 6.27. The molecule has 1 aliphatic carbocycles. The third-order valence-corrected chi connectivity index (χ3v) is 6.27. The molecule has 0 radical (unpaired) electrons. The Balaban J connectivity index is 1.41. The van der Waals surface area contributed by atoms with Crippen molar-refractivity contribution in [1.82, 2.24) is 4.90 Å². The average Bonchev–Trinajstić information content (AvgIpc) is 2.87. The number of methoxy groups -OCH3 is 1. The van der Waals surface area contributed by atoms with Gasteiger partial charge in [0.2, 0.25) is 0 Å². The van der Waals surface area contributed by atoms with E-state index in [-0.39, 0.29) is 0 Å². The molecule has 1 fully saturated rings. The number of ether oxygens (including phenoxy) is 1. The van der Waals surface area contributed by atoms with E-state index in [0.29, 0.717) is 12.0 Å². The zero-order valence-electron chi connectivity index (χ0n) is 15.6. The Morgan fingerprint density at radius 1 is 1.00 bits per heavy atom. The van der Waals surface area contributed by atoms with Crippen LogP contribution in [0, 0.1) is 0 Å². The van der Waals surface area contributed by atoms with E-state index in [2.05, 4.69) is 41.3 Å². The van der Waals surface area contributed by atoms with Crippen LogP contribution in [0.15, 0.2) is 48.5 Å². The van der Waals surface area contributed by atoms with Crippen LogP contribution in [0.2, 0.25) is 0 Å². The van der Waals surface area contributed by atoms with Gasteiger partial charge in [-0.25, -0.2) is 0 Å². The standard InChI is InChI=1S/C23H29NO2/c1-26-21-11-12-22-19(15-21)13-14-24(16-23(22)25)20-9-7-18(8-10-20)17-5-3-2-4-6-17/h2-6,11-12,15,18,20,23,25H,7-10,13-14,16H2,1H3/t18-,20-,23?. The molecule has 0 bridgehead atoms. The molecule has 1 N–H and O–H groups in total. The van der Waals surface area contributed by atoms with Crippen LogP contribution >= 0.6 is 0 Å². The number of hydrogen-bond acceptors (Lipinski definition) is 3. The molecule has 1 atom stereocenters. The summed E-state index contributed by atoms with van der Waals surface area (Å²) >= 11 is 0. The fraction of sp³-hybridized carbons (Fsp3) is 0.478. The van der Waals surface area contributed by atoms with Crippen molar-refractivity contribution in [2.75, 3.05) is 20.2 Å². The van der Waals surface area contributed by atoms with Gasteiger partial charge >= 0.3 is 0 Å². The molecule has 3 nitrogen and oxygen atoms in total. The average molecular weight is 351 g/mol. The van der Waals surface area contributed by atoms with Crippen LogP contribution in [-0.4, -0.2) is 36.2 Å². The first-order chi connectivity index (χ1) is 12.7. The topological polar surface area (TPSA) is 32.7 Å². The highest BCUT2D eigenvalue weighted by atomic mass is 16.5. The van der Waals surface area contributed by atoms with E-state index in [9.17, 15) is 5.11 Å². The zero-order valence-corrected chi connectivity index (χ0v) is 15.6. The van der Waals surface area contributed by atoms with E-state index < -0.39 is 6.10 Å². The van der Waals surface area contributed by atoms with Crippen molar-refractivity contribution in [3.05, 3.63) is 65.2 Å². The van der Waals surface area contributed by atoms with Gasteiger partial charge in [0.15, 0.2) is 0 Å². The van der Waals surface area contributed by atoms with E-state index in [1.165, 1.54) is 36.8 Å². The molecular formula is C23H29NO2. The molecule has 3 heteroatoms. The minimum atomic E-state index is -0.398. The smallest absolute Gasteiger partial charge is 0.119 e. The molecule has 138 valence electrons. The first-order valence-corrected chi connectivity index (χ1v) is 9.88. The quantitative estimate of drug-likeness (QED) is 0.894. The van der Waals surface area contributed by atoms with Crippen molar-refractivity contribution in [2.24, 2.45) is 0 Å². The van der Waals surface area contributed by atoms with Crippen molar-refractivity contribution in [3.8, 4) is 5.75 Å². The molecule has 0 spiro atoms. The van der Waals surface area contributed by atoms with Gasteiger partial charge < -0.3 is 9.84 Å². The molecule has 2 aromatic carbocycles. The maximum Gasteiger partial charge on any atom is 0.119 e. The Kier molecular flexibility index (Phi) is 5.28. The summed E-state index contributed by atoms with van der Waals surface area (Å²) in [6.07, 6.45) is 5.55. The molecule has 0 saturated heterocycles. The summed E-state index contributed by atoms with van der Waals surface area (Å²) in [5, 5.41) is 10.8. The second kappa shape index (κ2) is 7.81. The number of rotatable bonds is 3. The van der Waals surface area contributed by atoms with Crippen LogP contribution in [0.5, 0.6) is 5.75 Å². The Labute approximate surface area is 156 Å². The highest BCUT2D eigenvalue weighted by Crippen LogP contribution is 2.36. The maximum absolute atomic E-state index is 10.8. The highest BCUT2D eigenvalue weighted by Gasteiger charge is 2.30. The Morgan fingerprint density at radius 2 is 1.77 bits per heavy atom. The number of β-amino-alcohol motifs (C(OH)–C–C–N with tert-alkyl or cyclic N) is 1. The summed E-state index contributed by atoms with van der Waals surface area (Å²) < 4.78 is 5.36. The Morgan fingerprint density at radius 3 is 2.50 bits per heavy atom. The maximum atomic E-state index is 10.8. The van der Waals surface area contributed by atoms with Crippen LogP contribution in [0.3, 0.4) is 0 Å². The fourth-order valence-electron chi connectivity index (χ4n) is 4.76. The number of hydrogen-bond donors (Lipinski definition) is 1. The van der Waals surface area contributed by atoms with Gasteiger partial charge in [0.05, 0.1) is 13.2 Å². The lowest BCUT2D eigenvalue weighted by atomic mass is 9.81. The van der Waals surface area contributed by atoms with E-state index in [4.69, 9.17) is 4.74 Å².